The number of hydrogen-bond donors (Lipinski definition) is 2. The van der Waals surface area contributed by atoms with E-state index in [0.717, 1.165) is 6.07 Å². The average molecular weight is 262 g/mol. The number of hydrogen-bond acceptors (Lipinski definition) is 3. The lowest BCUT2D eigenvalue weighted by Crippen LogP contribution is -2.19. The maximum Gasteiger partial charge on any atom is 0.179 e. The van der Waals surface area contributed by atoms with Crippen LogP contribution in [0, 0.1) is 5.82 Å². The number of carbonyl (C=O) groups is 1. The molecular weight excluding hydrogens is 253 g/mol. The van der Waals surface area contributed by atoms with Crippen molar-refractivity contribution in [1.29, 1.82) is 0 Å². The molecule has 0 saturated heterocycles. The Hall–Kier alpha value is -0.940. The molecule has 3 nitrogen and oxygen atoms in total. The first-order valence-corrected chi connectivity index (χ1v) is 4.71. The zero-order chi connectivity index (χ0) is 10.7. The first-order valence-electron chi connectivity index (χ1n) is 3.92. The fraction of sp³-hybridized carbons (Fsp3) is 0.222. The molecule has 2 N–H and O–H groups in total. The minimum Gasteiger partial charge on any atom is -0.507 e. The van der Waals surface area contributed by atoms with Gasteiger partial charge in [-0.1, -0.05) is 0 Å². The predicted octanol–water partition coefficient (Wildman–Crippen LogP) is 1.70. The molecule has 1 rings (SSSR count). The van der Waals surface area contributed by atoms with Crippen LogP contribution in [0.3, 0.4) is 0 Å². The summed E-state index contributed by atoms with van der Waals surface area (Å²) in [4.78, 5) is 11.3. The van der Waals surface area contributed by atoms with Crippen molar-refractivity contribution in [3.8, 4) is 5.75 Å². The fourth-order valence-electron chi connectivity index (χ4n) is 1.01. The van der Waals surface area contributed by atoms with Crippen molar-refractivity contribution in [2.45, 2.75) is 0 Å². The van der Waals surface area contributed by atoms with E-state index in [1.807, 2.05) is 0 Å². The second kappa shape index (κ2) is 4.52. The van der Waals surface area contributed by atoms with Crippen LogP contribution in [0.5, 0.6) is 5.75 Å². The van der Waals surface area contributed by atoms with E-state index < -0.39 is 5.82 Å². The van der Waals surface area contributed by atoms with Gasteiger partial charge < -0.3 is 10.4 Å². The SMILES string of the molecule is CNCC(=O)c1cc(Br)c(O)cc1F. The van der Waals surface area contributed by atoms with Crippen LogP contribution in [0.25, 0.3) is 0 Å². The van der Waals surface area contributed by atoms with Crippen molar-refractivity contribution in [3.63, 3.8) is 0 Å². The summed E-state index contributed by atoms with van der Waals surface area (Å²) in [7, 11) is 1.60. The molecule has 0 aliphatic carbocycles. The first-order chi connectivity index (χ1) is 6.56. The van der Waals surface area contributed by atoms with Gasteiger partial charge in [-0.05, 0) is 29.0 Å². The summed E-state index contributed by atoms with van der Waals surface area (Å²) in [5, 5.41) is 11.8. The molecule has 0 heterocycles. The number of phenolic OH excluding ortho intramolecular Hbond substituents is 1. The van der Waals surface area contributed by atoms with Gasteiger partial charge in [-0.3, -0.25) is 4.79 Å². The second-order valence-corrected chi connectivity index (χ2v) is 3.59. The van der Waals surface area contributed by atoms with Gasteiger partial charge in [0.2, 0.25) is 0 Å². The molecule has 1 aromatic carbocycles. The van der Waals surface area contributed by atoms with Crippen LogP contribution in [0.1, 0.15) is 10.4 Å². The molecule has 0 fully saturated rings. The van der Waals surface area contributed by atoms with Gasteiger partial charge in [-0.2, -0.15) is 0 Å². The maximum atomic E-state index is 13.2. The van der Waals surface area contributed by atoms with Crippen molar-refractivity contribution in [2.75, 3.05) is 13.6 Å². The Bertz CT molecular complexity index is 368. The summed E-state index contributed by atoms with van der Waals surface area (Å²) in [6, 6.07) is 2.18. The standard InChI is InChI=1S/C9H9BrFNO2/c1-12-4-9(14)5-2-6(10)8(13)3-7(5)11/h2-3,12-13H,4H2,1H3. The molecular formula is C9H9BrFNO2. The number of halogens is 2. The number of benzene rings is 1. The predicted molar refractivity (Wildman–Crippen MR) is 54.0 cm³/mol. The lowest BCUT2D eigenvalue weighted by atomic mass is 10.1. The fourth-order valence-corrected chi connectivity index (χ4v) is 1.35. The molecule has 0 aromatic heterocycles. The number of ketones is 1. The van der Waals surface area contributed by atoms with Gasteiger partial charge in [0.25, 0.3) is 0 Å². The molecule has 5 heteroatoms. The molecule has 0 radical (unpaired) electrons. The van der Waals surface area contributed by atoms with Crippen LogP contribution in [-0.4, -0.2) is 24.5 Å². The number of aromatic hydroxyl groups is 1. The van der Waals surface area contributed by atoms with Crippen molar-refractivity contribution in [2.24, 2.45) is 0 Å². The Morgan fingerprint density at radius 3 is 2.86 bits per heavy atom. The number of carbonyl (C=O) groups excluding carboxylic acids is 1. The minimum atomic E-state index is -0.717. The zero-order valence-electron chi connectivity index (χ0n) is 7.47. The van der Waals surface area contributed by atoms with E-state index >= 15 is 0 Å². The molecule has 0 spiro atoms. The maximum absolute atomic E-state index is 13.2. The van der Waals surface area contributed by atoms with Gasteiger partial charge in [-0.15, -0.1) is 0 Å². The second-order valence-electron chi connectivity index (χ2n) is 2.74. The van der Waals surface area contributed by atoms with Crippen LogP contribution in [0.4, 0.5) is 4.39 Å². The van der Waals surface area contributed by atoms with Gasteiger partial charge in [0.15, 0.2) is 5.78 Å². The van der Waals surface area contributed by atoms with Gasteiger partial charge >= 0.3 is 0 Å². The molecule has 14 heavy (non-hydrogen) atoms. The lowest BCUT2D eigenvalue weighted by molar-refractivity contribution is 0.0989. The zero-order valence-corrected chi connectivity index (χ0v) is 9.06. The van der Waals surface area contributed by atoms with Crippen LogP contribution in [-0.2, 0) is 0 Å². The summed E-state index contributed by atoms with van der Waals surface area (Å²) >= 11 is 3.01. The lowest BCUT2D eigenvalue weighted by Gasteiger charge is -2.04. The van der Waals surface area contributed by atoms with Crippen LogP contribution in [0.15, 0.2) is 16.6 Å². The van der Waals surface area contributed by atoms with Crippen molar-refractivity contribution in [1.82, 2.24) is 5.32 Å². The van der Waals surface area contributed by atoms with Crippen molar-refractivity contribution < 1.29 is 14.3 Å². The minimum absolute atomic E-state index is 0.0379. The molecule has 0 aliphatic rings. The Balaban J connectivity index is 3.09. The van der Waals surface area contributed by atoms with Gasteiger partial charge in [0, 0.05) is 6.07 Å². The third-order valence-corrected chi connectivity index (χ3v) is 2.31. The van der Waals surface area contributed by atoms with E-state index in [1.54, 1.807) is 7.05 Å². The molecule has 0 atom stereocenters. The highest BCUT2D eigenvalue weighted by molar-refractivity contribution is 9.10. The summed E-state index contributed by atoms with van der Waals surface area (Å²) in [6.07, 6.45) is 0. The summed E-state index contributed by atoms with van der Waals surface area (Å²) < 4.78 is 13.5. The Morgan fingerprint density at radius 1 is 1.64 bits per heavy atom. The van der Waals surface area contributed by atoms with Gasteiger partial charge in [-0.25, -0.2) is 4.39 Å². The summed E-state index contributed by atoms with van der Waals surface area (Å²) in [5.41, 5.74) is -0.0379. The molecule has 0 amide bonds. The summed E-state index contributed by atoms with van der Waals surface area (Å²) in [5.74, 6) is -1.29. The summed E-state index contributed by atoms with van der Waals surface area (Å²) in [6.45, 7) is 0.0636. The number of nitrogens with one attached hydrogen (secondary N) is 1. The molecule has 0 bridgehead atoms. The van der Waals surface area contributed by atoms with Gasteiger partial charge in [0.1, 0.15) is 11.6 Å². The smallest absolute Gasteiger partial charge is 0.179 e. The van der Waals surface area contributed by atoms with E-state index in [1.165, 1.54) is 6.07 Å². The first kappa shape index (κ1) is 11.1. The van der Waals surface area contributed by atoms with Gasteiger partial charge in [0.05, 0.1) is 16.6 Å². The molecule has 0 saturated carbocycles. The quantitative estimate of drug-likeness (QED) is 0.815. The number of Topliss-reactive ketones (excluding diaryl/α,β-unsaturated/α-hetero) is 1. The van der Waals surface area contributed by atoms with Crippen LogP contribution >= 0.6 is 15.9 Å². The number of phenols is 1. The van der Waals surface area contributed by atoms with Crippen LogP contribution < -0.4 is 5.32 Å². The number of rotatable bonds is 3. The third-order valence-electron chi connectivity index (χ3n) is 1.67. The van der Waals surface area contributed by atoms with Crippen LogP contribution in [0.2, 0.25) is 0 Å². The molecule has 1 aromatic rings. The Kier molecular flexibility index (Phi) is 3.60. The van der Waals surface area contributed by atoms with E-state index in [9.17, 15) is 9.18 Å². The molecule has 0 unspecified atom stereocenters. The number of likely N-dealkylation sites (N-methyl/N-ethyl adjacent to an activating group) is 1. The molecule has 76 valence electrons. The normalized spacial score (nSPS) is 10.2. The van der Waals surface area contributed by atoms with E-state index in [0.29, 0.717) is 4.47 Å². The highest BCUT2D eigenvalue weighted by atomic mass is 79.9. The molecule has 0 aliphatic heterocycles. The Morgan fingerprint density at radius 2 is 2.29 bits per heavy atom. The highest BCUT2D eigenvalue weighted by Crippen LogP contribution is 2.26. The van der Waals surface area contributed by atoms with E-state index in [-0.39, 0.29) is 23.6 Å². The topological polar surface area (TPSA) is 49.3 Å². The highest BCUT2D eigenvalue weighted by Gasteiger charge is 2.13. The van der Waals surface area contributed by atoms with E-state index in [2.05, 4.69) is 21.2 Å². The third kappa shape index (κ3) is 2.30. The monoisotopic (exact) mass is 261 g/mol. The van der Waals surface area contributed by atoms with E-state index in [4.69, 9.17) is 5.11 Å². The largest absolute Gasteiger partial charge is 0.507 e. The van der Waals surface area contributed by atoms with Crippen molar-refractivity contribution >= 4 is 21.7 Å². The van der Waals surface area contributed by atoms with Crippen molar-refractivity contribution in [3.05, 3.63) is 28.0 Å². The average Bonchev–Trinajstić information content (AvgIpc) is 2.11. The Labute approximate surface area is 89.1 Å².